The number of nitrogens with two attached hydrogens (primary N) is 1. The Kier molecular flexibility index (Phi) is 2.88. The van der Waals surface area contributed by atoms with Crippen molar-refractivity contribution in [2.75, 3.05) is 6.54 Å². The van der Waals surface area contributed by atoms with Gasteiger partial charge in [0.2, 0.25) is 0 Å². The van der Waals surface area contributed by atoms with Crippen molar-refractivity contribution in [2.24, 2.45) is 12.8 Å². The van der Waals surface area contributed by atoms with Crippen molar-refractivity contribution in [2.45, 2.75) is 25.2 Å². The van der Waals surface area contributed by atoms with Crippen molar-refractivity contribution < 1.29 is 0 Å². The summed E-state index contributed by atoms with van der Waals surface area (Å²) in [4.78, 5) is 4.64. The minimum atomic E-state index is 0.599. The van der Waals surface area contributed by atoms with Gasteiger partial charge in [-0.2, -0.15) is 5.10 Å². The highest BCUT2D eigenvalue weighted by molar-refractivity contribution is 5.55. The lowest BCUT2D eigenvalue weighted by Crippen LogP contribution is -2.02. The van der Waals surface area contributed by atoms with Gasteiger partial charge in [-0.1, -0.05) is 24.3 Å². The minimum Gasteiger partial charge on any atom is -0.330 e. The third kappa shape index (κ3) is 2.16. The van der Waals surface area contributed by atoms with E-state index in [0.29, 0.717) is 12.5 Å². The Bertz CT molecular complexity index is 537. The highest BCUT2D eigenvalue weighted by atomic mass is 15.3. The first-order valence-electron chi connectivity index (χ1n) is 6.48. The molecule has 1 saturated carbocycles. The molecule has 1 aromatic heterocycles. The van der Waals surface area contributed by atoms with Crippen molar-refractivity contribution in [1.29, 1.82) is 0 Å². The first-order valence-corrected chi connectivity index (χ1v) is 6.48. The molecule has 94 valence electrons. The van der Waals surface area contributed by atoms with Gasteiger partial charge < -0.3 is 5.73 Å². The number of aryl methyl sites for hydroxylation is 1. The van der Waals surface area contributed by atoms with Crippen LogP contribution in [0, 0.1) is 0 Å². The number of rotatable bonds is 4. The Balaban J connectivity index is 1.88. The number of hydrogen-bond acceptors (Lipinski definition) is 3. The topological polar surface area (TPSA) is 56.7 Å². The minimum absolute atomic E-state index is 0.599. The molecule has 4 nitrogen and oxygen atoms in total. The van der Waals surface area contributed by atoms with Crippen molar-refractivity contribution in [1.82, 2.24) is 14.8 Å². The molecule has 1 aliphatic carbocycles. The van der Waals surface area contributed by atoms with E-state index in [1.165, 1.54) is 18.4 Å². The van der Waals surface area contributed by atoms with Crippen LogP contribution in [-0.4, -0.2) is 21.3 Å². The van der Waals surface area contributed by atoms with Crippen molar-refractivity contribution in [3.63, 3.8) is 0 Å². The second kappa shape index (κ2) is 4.53. The zero-order valence-electron chi connectivity index (χ0n) is 10.6. The molecule has 0 amide bonds. The fourth-order valence-electron chi connectivity index (χ4n) is 2.16. The van der Waals surface area contributed by atoms with Gasteiger partial charge in [-0.15, -0.1) is 0 Å². The summed E-state index contributed by atoms with van der Waals surface area (Å²) in [5.74, 6) is 2.55. The Morgan fingerprint density at radius 3 is 2.61 bits per heavy atom. The fraction of sp³-hybridized carbons (Fsp3) is 0.429. The van der Waals surface area contributed by atoms with Gasteiger partial charge >= 0.3 is 0 Å². The fourth-order valence-corrected chi connectivity index (χ4v) is 2.16. The highest BCUT2D eigenvalue weighted by Crippen LogP contribution is 2.38. The van der Waals surface area contributed by atoms with Crippen LogP contribution >= 0.6 is 0 Å². The van der Waals surface area contributed by atoms with Crippen LogP contribution in [0.2, 0.25) is 0 Å². The van der Waals surface area contributed by atoms with Gasteiger partial charge in [-0.05, 0) is 31.4 Å². The lowest BCUT2D eigenvalue weighted by molar-refractivity contribution is 0.750. The molecular formula is C14H18N4. The molecule has 4 heteroatoms. The third-order valence-corrected chi connectivity index (χ3v) is 3.37. The molecule has 0 atom stereocenters. The van der Waals surface area contributed by atoms with Crippen molar-refractivity contribution >= 4 is 0 Å². The predicted molar refractivity (Wildman–Crippen MR) is 71.2 cm³/mol. The normalized spacial score (nSPS) is 15.0. The van der Waals surface area contributed by atoms with E-state index >= 15 is 0 Å². The zero-order chi connectivity index (χ0) is 12.5. The van der Waals surface area contributed by atoms with Crippen LogP contribution < -0.4 is 5.73 Å². The van der Waals surface area contributed by atoms with Gasteiger partial charge in [0.1, 0.15) is 0 Å². The lowest BCUT2D eigenvalue weighted by Gasteiger charge is -2.02. The molecule has 1 fully saturated rings. The predicted octanol–water partition coefficient (Wildman–Crippen LogP) is 1.86. The summed E-state index contributed by atoms with van der Waals surface area (Å²) in [6, 6.07) is 8.44. The highest BCUT2D eigenvalue weighted by Gasteiger charge is 2.28. The molecule has 0 radical (unpaired) electrons. The molecule has 1 aliphatic rings. The van der Waals surface area contributed by atoms with E-state index in [1.807, 2.05) is 11.7 Å². The lowest BCUT2D eigenvalue weighted by atomic mass is 10.1. The van der Waals surface area contributed by atoms with Crippen molar-refractivity contribution in [3.05, 3.63) is 35.7 Å². The van der Waals surface area contributed by atoms with Crippen LogP contribution in [0.1, 0.15) is 30.1 Å². The largest absolute Gasteiger partial charge is 0.330 e. The Hall–Kier alpha value is -1.68. The number of hydrogen-bond donors (Lipinski definition) is 1. The van der Waals surface area contributed by atoms with Gasteiger partial charge in [0.25, 0.3) is 0 Å². The summed E-state index contributed by atoms with van der Waals surface area (Å²) in [5, 5.41) is 4.49. The molecule has 3 rings (SSSR count). The van der Waals surface area contributed by atoms with E-state index in [1.54, 1.807) is 0 Å². The monoisotopic (exact) mass is 242 g/mol. The van der Waals surface area contributed by atoms with Crippen molar-refractivity contribution in [3.8, 4) is 11.4 Å². The first-order chi connectivity index (χ1) is 8.78. The summed E-state index contributed by atoms with van der Waals surface area (Å²) in [6.45, 7) is 0.690. The summed E-state index contributed by atoms with van der Waals surface area (Å²) < 4.78 is 1.88. The zero-order valence-corrected chi connectivity index (χ0v) is 10.6. The second-order valence-corrected chi connectivity index (χ2v) is 4.93. The molecule has 18 heavy (non-hydrogen) atoms. The van der Waals surface area contributed by atoms with Crippen LogP contribution in [0.3, 0.4) is 0 Å². The molecule has 0 spiro atoms. The van der Waals surface area contributed by atoms with E-state index in [2.05, 4.69) is 34.3 Å². The van der Waals surface area contributed by atoms with E-state index in [0.717, 1.165) is 23.6 Å². The molecule has 1 aromatic carbocycles. The maximum Gasteiger partial charge on any atom is 0.158 e. The van der Waals surface area contributed by atoms with Crippen LogP contribution in [-0.2, 0) is 13.5 Å². The van der Waals surface area contributed by atoms with Crippen LogP contribution in [0.4, 0.5) is 0 Å². The van der Waals surface area contributed by atoms with Crippen LogP contribution in [0.15, 0.2) is 24.3 Å². The van der Waals surface area contributed by atoms with E-state index in [9.17, 15) is 0 Å². The Morgan fingerprint density at radius 1 is 1.28 bits per heavy atom. The summed E-state index contributed by atoms with van der Waals surface area (Å²) in [7, 11) is 1.96. The van der Waals surface area contributed by atoms with E-state index in [-0.39, 0.29) is 0 Å². The quantitative estimate of drug-likeness (QED) is 0.890. The average Bonchev–Trinajstić information content (AvgIpc) is 3.15. The van der Waals surface area contributed by atoms with Gasteiger partial charge in [0, 0.05) is 18.5 Å². The third-order valence-electron chi connectivity index (χ3n) is 3.37. The Labute approximate surface area is 107 Å². The van der Waals surface area contributed by atoms with Gasteiger partial charge in [-0.3, -0.25) is 0 Å². The van der Waals surface area contributed by atoms with E-state index in [4.69, 9.17) is 5.73 Å². The second-order valence-electron chi connectivity index (χ2n) is 4.93. The van der Waals surface area contributed by atoms with Gasteiger partial charge in [-0.25, -0.2) is 9.67 Å². The van der Waals surface area contributed by atoms with Gasteiger partial charge in [0.15, 0.2) is 11.6 Å². The SMILES string of the molecule is Cn1nc(C2CC2)nc1-c1ccc(CCN)cc1. The van der Waals surface area contributed by atoms with E-state index < -0.39 is 0 Å². The molecule has 1 heterocycles. The number of nitrogens with zero attached hydrogens (tertiary/aromatic N) is 3. The van der Waals surface area contributed by atoms with Gasteiger partial charge in [0.05, 0.1) is 0 Å². The van der Waals surface area contributed by atoms with Crippen LogP contribution in [0.5, 0.6) is 0 Å². The van der Waals surface area contributed by atoms with Crippen LogP contribution in [0.25, 0.3) is 11.4 Å². The molecule has 2 N–H and O–H groups in total. The standard InChI is InChI=1S/C14H18N4/c1-18-14(16-13(17-18)11-6-7-11)12-4-2-10(3-5-12)8-9-15/h2-5,11H,6-9,15H2,1H3. The maximum absolute atomic E-state index is 5.55. The summed E-state index contributed by atoms with van der Waals surface area (Å²) in [6.07, 6.45) is 3.39. The first kappa shape index (κ1) is 11.4. The number of benzene rings is 1. The Morgan fingerprint density at radius 2 is 2.00 bits per heavy atom. The molecule has 0 aliphatic heterocycles. The molecule has 0 bridgehead atoms. The average molecular weight is 242 g/mol. The summed E-state index contributed by atoms with van der Waals surface area (Å²) >= 11 is 0. The number of aromatic nitrogens is 3. The molecule has 0 unspecified atom stereocenters. The maximum atomic E-state index is 5.55. The molecule has 2 aromatic rings. The summed E-state index contributed by atoms with van der Waals surface area (Å²) in [5.41, 5.74) is 7.94. The molecular weight excluding hydrogens is 224 g/mol. The smallest absolute Gasteiger partial charge is 0.158 e. The molecule has 0 saturated heterocycles.